The molecule has 5 heteroatoms. The van der Waals surface area contributed by atoms with Crippen molar-refractivity contribution in [3.8, 4) is 0 Å². The third-order valence-corrected chi connectivity index (χ3v) is 5.90. The van der Waals surface area contributed by atoms with Crippen LogP contribution in [0.25, 0.3) is 0 Å². The van der Waals surface area contributed by atoms with E-state index in [4.69, 9.17) is 5.11 Å². The van der Waals surface area contributed by atoms with Crippen LogP contribution < -0.4 is 5.32 Å². The molecule has 2 fully saturated rings. The molecule has 1 amide bonds. The molecule has 2 heterocycles. The second kappa shape index (κ2) is 8.86. The number of carbonyl (C=O) groups excluding carboxylic acids is 1. The van der Waals surface area contributed by atoms with Gasteiger partial charge in [0.25, 0.3) is 5.91 Å². The van der Waals surface area contributed by atoms with Gasteiger partial charge in [0.1, 0.15) is 0 Å². The molecule has 2 aliphatic heterocycles. The molecule has 148 valence electrons. The fourth-order valence-electron chi connectivity index (χ4n) is 4.34. The number of aliphatic hydroxyl groups is 1. The number of fused-ring (bicyclic) bond motifs is 1. The zero-order valence-electron chi connectivity index (χ0n) is 16.3. The number of hydrogen-bond donors (Lipinski definition) is 2. The number of nitrogens with one attached hydrogen (secondary N) is 1. The number of hydrogen-bond acceptors (Lipinski definition) is 4. The van der Waals surface area contributed by atoms with E-state index in [1.54, 1.807) is 0 Å². The van der Waals surface area contributed by atoms with Gasteiger partial charge in [-0.25, -0.2) is 0 Å². The minimum Gasteiger partial charge on any atom is -0.392 e. The number of anilines is 1. The molecule has 0 aliphatic carbocycles. The molecule has 0 unspecified atom stereocenters. The van der Waals surface area contributed by atoms with Crippen LogP contribution in [0.2, 0.25) is 0 Å². The minimum atomic E-state index is -0.111. The molecule has 0 saturated carbocycles. The smallest absolute Gasteiger partial charge is 0.255 e. The molecule has 5 nitrogen and oxygen atoms in total. The maximum absolute atomic E-state index is 12.5. The van der Waals surface area contributed by atoms with Gasteiger partial charge in [-0.1, -0.05) is 24.3 Å². The van der Waals surface area contributed by atoms with E-state index in [0.29, 0.717) is 5.56 Å². The van der Waals surface area contributed by atoms with E-state index >= 15 is 0 Å². The number of nitrogens with zero attached hydrogens (tertiary/aromatic N) is 2. The molecule has 2 aliphatic rings. The maximum atomic E-state index is 12.5. The lowest BCUT2D eigenvalue weighted by Gasteiger charge is -2.25. The Bertz CT molecular complexity index is 788. The molecular formula is C23H29N3O2. The molecule has 0 bridgehead atoms. The summed E-state index contributed by atoms with van der Waals surface area (Å²) in [7, 11) is 0. The lowest BCUT2D eigenvalue weighted by atomic mass is 10.1. The highest BCUT2D eigenvalue weighted by Gasteiger charge is 2.28. The van der Waals surface area contributed by atoms with Crippen LogP contribution in [-0.2, 0) is 13.2 Å². The Morgan fingerprint density at radius 1 is 0.964 bits per heavy atom. The van der Waals surface area contributed by atoms with E-state index in [1.165, 1.54) is 37.9 Å². The van der Waals surface area contributed by atoms with Gasteiger partial charge in [0.15, 0.2) is 0 Å². The summed E-state index contributed by atoms with van der Waals surface area (Å²) in [5.74, 6) is -0.111. The fraction of sp³-hybridized carbons (Fsp3) is 0.435. The molecule has 0 spiro atoms. The molecule has 28 heavy (non-hydrogen) atoms. The lowest BCUT2D eigenvalue weighted by Crippen LogP contribution is -2.36. The maximum Gasteiger partial charge on any atom is 0.255 e. The summed E-state index contributed by atoms with van der Waals surface area (Å²) in [5, 5.41) is 12.0. The quantitative estimate of drug-likeness (QED) is 0.838. The summed E-state index contributed by atoms with van der Waals surface area (Å²) in [6, 6.07) is 15.9. The Balaban J connectivity index is 1.34. The van der Waals surface area contributed by atoms with Crippen LogP contribution in [0.3, 0.4) is 0 Å². The Hall–Kier alpha value is -2.21. The van der Waals surface area contributed by atoms with Crippen LogP contribution >= 0.6 is 0 Å². The summed E-state index contributed by atoms with van der Waals surface area (Å²) in [4.78, 5) is 17.7. The second-order valence-electron chi connectivity index (χ2n) is 7.93. The predicted octanol–water partition coefficient (Wildman–Crippen LogP) is 3.10. The number of aliphatic hydroxyl groups excluding tert-OH is 1. The number of carbonyl (C=O) groups is 1. The van der Waals surface area contributed by atoms with Gasteiger partial charge in [0.05, 0.1) is 6.61 Å². The van der Waals surface area contributed by atoms with Crippen LogP contribution in [0, 0.1) is 0 Å². The average Bonchev–Trinajstić information content (AvgIpc) is 3.07. The Kier molecular flexibility index (Phi) is 6.05. The Morgan fingerprint density at radius 3 is 2.43 bits per heavy atom. The zero-order chi connectivity index (χ0) is 19.3. The molecule has 0 radical (unpaired) electrons. The fourth-order valence-corrected chi connectivity index (χ4v) is 4.34. The standard InChI is InChI=1S/C23H29N3O2/c27-17-19-6-10-21(11-7-19)24-23(28)20-8-4-18(5-9-20)15-25-12-2-14-26-13-1-3-22(26)16-25/h4-11,22,27H,1-3,12-17H2,(H,24,28)/t22-/m0/s1. The van der Waals surface area contributed by atoms with Gasteiger partial charge in [-0.2, -0.15) is 0 Å². The van der Waals surface area contributed by atoms with Gasteiger partial charge in [0, 0.05) is 30.4 Å². The average molecular weight is 380 g/mol. The summed E-state index contributed by atoms with van der Waals surface area (Å²) in [6.45, 7) is 5.77. The molecule has 4 rings (SSSR count). The first-order chi connectivity index (χ1) is 13.7. The lowest BCUT2D eigenvalue weighted by molar-refractivity contribution is 0.102. The summed E-state index contributed by atoms with van der Waals surface area (Å²) in [5.41, 5.74) is 3.48. The van der Waals surface area contributed by atoms with Crippen molar-refractivity contribution in [2.75, 3.05) is 31.5 Å². The number of amides is 1. The first-order valence-corrected chi connectivity index (χ1v) is 10.3. The molecular weight excluding hydrogens is 350 g/mol. The first kappa shape index (κ1) is 19.1. The minimum absolute atomic E-state index is 0.00544. The van der Waals surface area contributed by atoms with E-state index < -0.39 is 0 Å². The van der Waals surface area contributed by atoms with Gasteiger partial charge in [-0.15, -0.1) is 0 Å². The van der Waals surface area contributed by atoms with Crippen molar-refractivity contribution in [3.63, 3.8) is 0 Å². The van der Waals surface area contributed by atoms with Crippen molar-refractivity contribution >= 4 is 11.6 Å². The van der Waals surface area contributed by atoms with Gasteiger partial charge in [-0.3, -0.25) is 14.6 Å². The largest absolute Gasteiger partial charge is 0.392 e. The van der Waals surface area contributed by atoms with Crippen molar-refractivity contribution < 1.29 is 9.90 Å². The van der Waals surface area contributed by atoms with Crippen LogP contribution in [0.15, 0.2) is 48.5 Å². The van der Waals surface area contributed by atoms with Crippen molar-refractivity contribution in [2.45, 2.75) is 38.5 Å². The highest BCUT2D eigenvalue weighted by Crippen LogP contribution is 2.22. The van der Waals surface area contributed by atoms with E-state index in [2.05, 4.69) is 27.2 Å². The first-order valence-electron chi connectivity index (χ1n) is 10.3. The van der Waals surface area contributed by atoms with E-state index in [1.807, 2.05) is 36.4 Å². The van der Waals surface area contributed by atoms with Crippen LogP contribution in [0.4, 0.5) is 5.69 Å². The van der Waals surface area contributed by atoms with Gasteiger partial charge < -0.3 is 10.4 Å². The van der Waals surface area contributed by atoms with Gasteiger partial charge >= 0.3 is 0 Å². The van der Waals surface area contributed by atoms with Crippen LogP contribution in [0.5, 0.6) is 0 Å². The summed E-state index contributed by atoms with van der Waals surface area (Å²) < 4.78 is 0. The van der Waals surface area contributed by atoms with Gasteiger partial charge in [0.2, 0.25) is 0 Å². The molecule has 0 aromatic heterocycles. The predicted molar refractivity (Wildman–Crippen MR) is 111 cm³/mol. The van der Waals surface area contributed by atoms with E-state index in [9.17, 15) is 4.79 Å². The van der Waals surface area contributed by atoms with Crippen molar-refractivity contribution in [1.29, 1.82) is 0 Å². The van der Waals surface area contributed by atoms with Crippen molar-refractivity contribution in [1.82, 2.24) is 9.80 Å². The Labute approximate surface area is 167 Å². The molecule has 2 aromatic carbocycles. The zero-order valence-corrected chi connectivity index (χ0v) is 16.3. The second-order valence-corrected chi connectivity index (χ2v) is 7.93. The third kappa shape index (κ3) is 4.61. The summed E-state index contributed by atoms with van der Waals surface area (Å²) >= 11 is 0. The normalized spacial score (nSPS) is 20.5. The summed E-state index contributed by atoms with van der Waals surface area (Å²) in [6.07, 6.45) is 3.91. The third-order valence-electron chi connectivity index (χ3n) is 5.90. The van der Waals surface area contributed by atoms with Crippen molar-refractivity contribution in [3.05, 3.63) is 65.2 Å². The SMILES string of the molecule is O=C(Nc1ccc(CO)cc1)c1ccc(CN2CCCN3CCC[C@H]3C2)cc1. The Morgan fingerprint density at radius 2 is 1.68 bits per heavy atom. The number of benzene rings is 2. The van der Waals surface area contributed by atoms with E-state index in [0.717, 1.165) is 36.9 Å². The van der Waals surface area contributed by atoms with E-state index in [-0.39, 0.29) is 12.5 Å². The number of rotatable bonds is 5. The van der Waals surface area contributed by atoms with Crippen molar-refractivity contribution in [2.24, 2.45) is 0 Å². The highest BCUT2D eigenvalue weighted by atomic mass is 16.3. The molecule has 2 N–H and O–H groups in total. The molecule has 2 aromatic rings. The monoisotopic (exact) mass is 379 g/mol. The van der Waals surface area contributed by atoms with Crippen LogP contribution in [0.1, 0.15) is 40.7 Å². The highest BCUT2D eigenvalue weighted by molar-refractivity contribution is 6.04. The topological polar surface area (TPSA) is 55.8 Å². The van der Waals surface area contributed by atoms with Crippen LogP contribution in [-0.4, -0.2) is 53.0 Å². The molecule has 2 saturated heterocycles. The molecule has 1 atom stereocenters. The van der Waals surface area contributed by atoms with Gasteiger partial charge in [-0.05, 0) is 74.3 Å².